The lowest BCUT2D eigenvalue weighted by Crippen LogP contribution is -2.61. The molecule has 2 aliphatic heterocycles. The average molecular weight is 661 g/mol. The molecule has 51 heavy (non-hydrogen) atoms. The number of para-hydroxylation sites is 4. The van der Waals surface area contributed by atoms with E-state index in [2.05, 4.69) is 161 Å². The molecule has 0 spiro atoms. The lowest BCUT2D eigenvalue weighted by atomic mass is 9.33. The summed E-state index contributed by atoms with van der Waals surface area (Å²) >= 11 is 0. The Bertz CT molecular complexity index is 2320. The Hall–Kier alpha value is -5.68. The second-order valence-corrected chi connectivity index (χ2v) is 16.0. The van der Waals surface area contributed by atoms with E-state index in [1.165, 1.54) is 38.9 Å². The van der Waals surface area contributed by atoms with Crippen molar-refractivity contribution in [3.8, 4) is 11.3 Å². The van der Waals surface area contributed by atoms with Gasteiger partial charge in [0.15, 0.2) is 0 Å². The summed E-state index contributed by atoms with van der Waals surface area (Å²) in [7, 11) is 0. The highest BCUT2D eigenvalue weighted by atomic mass is 15.2. The molecule has 0 amide bonds. The van der Waals surface area contributed by atoms with Crippen LogP contribution in [0.1, 0.15) is 52.7 Å². The van der Waals surface area contributed by atoms with Gasteiger partial charge in [-0.15, -0.1) is 0 Å². The Morgan fingerprint density at radius 1 is 0.490 bits per heavy atom. The standard InChI is InChI=1S/C46H41BN4/c1-45(2,3)31-19-23-33(24-20-31)50-40-17-11-7-13-35(40)47-36-14-8-12-18-41(36)51(34-25-21-32(22-26-34)46(4,5)6)43-28-30(27-42(50)44(43)47)39-29-48-37-15-9-10-16-38(37)49-39/h7-29H,1-6H3. The number of fused-ring (bicyclic) bond motifs is 5. The molecule has 0 atom stereocenters. The van der Waals surface area contributed by atoms with Crippen LogP contribution < -0.4 is 26.2 Å². The van der Waals surface area contributed by atoms with Crippen LogP contribution in [0.25, 0.3) is 22.3 Å². The van der Waals surface area contributed by atoms with E-state index in [4.69, 9.17) is 9.97 Å². The number of hydrogen-bond acceptors (Lipinski definition) is 4. The van der Waals surface area contributed by atoms with Crippen molar-refractivity contribution in [2.24, 2.45) is 0 Å². The Morgan fingerprint density at radius 2 is 0.941 bits per heavy atom. The summed E-state index contributed by atoms with van der Waals surface area (Å²) in [6.07, 6.45) is 1.92. The molecule has 0 radical (unpaired) electrons. The predicted octanol–water partition coefficient (Wildman–Crippen LogP) is 9.97. The van der Waals surface area contributed by atoms with E-state index in [9.17, 15) is 0 Å². The average Bonchev–Trinajstić information content (AvgIpc) is 3.14. The summed E-state index contributed by atoms with van der Waals surface area (Å²) in [5.41, 5.74) is 17.3. The zero-order chi connectivity index (χ0) is 35.1. The number of anilines is 6. The van der Waals surface area contributed by atoms with Crippen LogP contribution in [-0.2, 0) is 10.8 Å². The van der Waals surface area contributed by atoms with E-state index in [0.29, 0.717) is 0 Å². The molecular weight excluding hydrogens is 619 g/mol. The lowest BCUT2D eigenvalue weighted by molar-refractivity contribution is 0.590. The summed E-state index contributed by atoms with van der Waals surface area (Å²) in [5, 5.41) is 0. The van der Waals surface area contributed by atoms with Crippen molar-refractivity contribution in [2.45, 2.75) is 52.4 Å². The smallest absolute Gasteiger partial charge is 0.252 e. The summed E-state index contributed by atoms with van der Waals surface area (Å²) < 4.78 is 0. The molecule has 0 fully saturated rings. The maximum atomic E-state index is 5.17. The van der Waals surface area contributed by atoms with Crippen LogP contribution >= 0.6 is 0 Å². The molecule has 3 heterocycles. The van der Waals surface area contributed by atoms with Gasteiger partial charge in [-0.05, 0) is 99.0 Å². The Morgan fingerprint density at radius 3 is 1.43 bits per heavy atom. The molecule has 0 N–H and O–H groups in total. The normalized spacial score (nSPS) is 13.6. The Labute approximate surface area is 301 Å². The zero-order valence-corrected chi connectivity index (χ0v) is 30.1. The second-order valence-electron chi connectivity index (χ2n) is 16.0. The van der Waals surface area contributed by atoms with Crippen LogP contribution in [0.2, 0.25) is 0 Å². The van der Waals surface area contributed by atoms with Crippen molar-refractivity contribution < 1.29 is 0 Å². The van der Waals surface area contributed by atoms with Crippen molar-refractivity contribution in [3.05, 3.63) is 151 Å². The van der Waals surface area contributed by atoms with Gasteiger partial charge in [-0.2, -0.15) is 0 Å². The molecule has 0 unspecified atom stereocenters. The lowest BCUT2D eigenvalue weighted by Gasteiger charge is -2.44. The van der Waals surface area contributed by atoms with E-state index in [0.717, 1.165) is 45.0 Å². The monoisotopic (exact) mass is 660 g/mol. The van der Waals surface area contributed by atoms with Crippen molar-refractivity contribution in [1.29, 1.82) is 0 Å². The van der Waals surface area contributed by atoms with E-state index in [1.807, 2.05) is 30.5 Å². The molecule has 2 aliphatic rings. The molecule has 0 aliphatic carbocycles. The van der Waals surface area contributed by atoms with E-state index in [-0.39, 0.29) is 17.5 Å². The van der Waals surface area contributed by atoms with Crippen LogP contribution in [0.4, 0.5) is 34.1 Å². The van der Waals surface area contributed by atoms with Crippen LogP contribution in [0.15, 0.2) is 140 Å². The third-order valence-corrected chi connectivity index (χ3v) is 10.6. The summed E-state index contributed by atoms with van der Waals surface area (Å²) in [4.78, 5) is 14.9. The third-order valence-electron chi connectivity index (χ3n) is 10.6. The van der Waals surface area contributed by atoms with Gasteiger partial charge < -0.3 is 9.80 Å². The predicted molar refractivity (Wildman–Crippen MR) is 216 cm³/mol. The fourth-order valence-corrected chi connectivity index (χ4v) is 7.92. The largest absolute Gasteiger partial charge is 0.311 e. The van der Waals surface area contributed by atoms with E-state index in [1.54, 1.807) is 0 Å². The van der Waals surface area contributed by atoms with Crippen LogP contribution in [-0.4, -0.2) is 16.7 Å². The molecule has 5 heteroatoms. The van der Waals surface area contributed by atoms with Crippen LogP contribution in [0.3, 0.4) is 0 Å². The Kier molecular flexibility index (Phi) is 7.02. The van der Waals surface area contributed by atoms with Crippen molar-refractivity contribution in [2.75, 3.05) is 9.80 Å². The van der Waals surface area contributed by atoms with Gasteiger partial charge in [0.05, 0.1) is 22.9 Å². The van der Waals surface area contributed by atoms with Gasteiger partial charge >= 0.3 is 0 Å². The fraction of sp³-hybridized carbons (Fsp3) is 0.174. The minimum Gasteiger partial charge on any atom is -0.311 e. The second kappa shape index (κ2) is 11.4. The van der Waals surface area contributed by atoms with Crippen LogP contribution in [0.5, 0.6) is 0 Å². The first-order valence-electron chi connectivity index (χ1n) is 18.0. The first-order chi connectivity index (χ1) is 24.6. The molecule has 9 rings (SSSR count). The van der Waals surface area contributed by atoms with E-state index >= 15 is 0 Å². The number of aromatic nitrogens is 2. The van der Waals surface area contributed by atoms with Crippen molar-refractivity contribution >= 4 is 68.3 Å². The minimum atomic E-state index is 0.0595. The maximum absolute atomic E-state index is 5.17. The third kappa shape index (κ3) is 5.14. The molecule has 4 nitrogen and oxygen atoms in total. The molecule has 7 aromatic rings. The number of rotatable bonds is 3. The van der Waals surface area contributed by atoms with Crippen molar-refractivity contribution in [3.63, 3.8) is 0 Å². The van der Waals surface area contributed by atoms with Gasteiger partial charge in [0, 0.05) is 39.7 Å². The number of hydrogen-bond donors (Lipinski definition) is 0. The molecule has 0 saturated carbocycles. The van der Waals surface area contributed by atoms with Gasteiger partial charge in [0.25, 0.3) is 6.71 Å². The van der Waals surface area contributed by atoms with Gasteiger partial charge in [-0.3, -0.25) is 4.98 Å². The summed E-state index contributed by atoms with van der Waals surface area (Å²) in [5.74, 6) is 0. The molecule has 1 aromatic heterocycles. The molecule has 0 saturated heterocycles. The highest BCUT2D eigenvalue weighted by molar-refractivity contribution is 7.00. The van der Waals surface area contributed by atoms with Gasteiger partial charge in [0.1, 0.15) is 0 Å². The first kappa shape index (κ1) is 31.3. The first-order valence-corrected chi connectivity index (χ1v) is 18.0. The van der Waals surface area contributed by atoms with Crippen LogP contribution in [0, 0.1) is 0 Å². The maximum Gasteiger partial charge on any atom is 0.252 e. The summed E-state index contributed by atoms with van der Waals surface area (Å²) in [6.45, 7) is 13.7. The van der Waals surface area contributed by atoms with Gasteiger partial charge in [-0.1, -0.05) is 114 Å². The van der Waals surface area contributed by atoms with Crippen molar-refractivity contribution in [1.82, 2.24) is 9.97 Å². The van der Waals surface area contributed by atoms with Gasteiger partial charge in [0.2, 0.25) is 0 Å². The topological polar surface area (TPSA) is 32.3 Å². The minimum absolute atomic E-state index is 0.0595. The quantitative estimate of drug-likeness (QED) is 0.177. The molecule has 248 valence electrons. The highest BCUT2D eigenvalue weighted by Gasteiger charge is 2.43. The highest BCUT2D eigenvalue weighted by Crippen LogP contribution is 2.46. The zero-order valence-electron chi connectivity index (χ0n) is 30.1. The molecule has 0 bridgehead atoms. The SMILES string of the molecule is CC(C)(C)c1ccc(N2c3ccccc3B3c4ccccc4N(c4ccc(C(C)(C)C)cc4)c4cc(-c5cnc6ccccc6n5)cc2c43)cc1. The fourth-order valence-electron chi connectivity index (χ4n) is 7.92. The number of nitrogens with zero attached hydrogens (tertiary/aromatic N) is 4. The molecular formula is C46H41BN4. The van der Waals surface area contributed by atoms with Gasteiger partial charge in [-0.25, -0.2) is 4.98 Å². The number of benzene rings is 6. The Balaban J connectivity index is 1.35. The van der Waals surface area contributed by atoms with E-state index < -0.39 is 0 Å². The molecule has 6 aromatic carbocycles. The summed E-state index contributed by atoms with van der Waals surface area (Å²) in [6, 6.07) is 48.9.